The average Bonchev–Trinajstić information content (AvgIpc) is 3.08. The maximum absolute atomic E-state index is 11.1. The second-order valence-electron chi connectivity index (χ2n) is 6.05. The molecule has 0 amide bonds. The standard InChI is InChI=1S/C19H21NO4/c1-23-19-10-13(8-9-20-19)15-5-2-4-14(15)12-24-18-7-3-6-17(22)16(18)11-21/h3,6-11,14-15,22H,2,4-5,12H2,1H3. The van der Waals surface area contributed by atoms with E-state index in [1.54, 1.807) is 25.4 Å². The molecule has 0 radical (unpaired) electrons. The number of hydrogen-bond acceptors (Lipinski definition) is 5. The molecule has 1 heterocycles. The molecule has 0 saturated heterocycles. The van der Waals surface area contributed by atoms with Gasteiger partial charge < -0.3 is 14.6 Å². The van der Waals surface area contributed by atoms with Gasteiger partial charge in [0.2, 0.25) is 5.88 Å². The third kappa shape index (κ3) is 3.35. The van der Waals surface area contributed by atoms with Gasteiger partial charge in [-0.05, 0) is 48.4 Å². The Balaban J connectivity index is 1.73. The van der Waals surface area contributed by atoms with E-state index in [-0.39, 0.29) is 11.3 Å². The average molecular weight is 327 g/mol. The first-order valence-corrected chi connectivity index (χ1v) is 8.13. The van der Waals surface area contributed by atoms with Crippen molar-refractivity contribution in [2.75, 3.05) is 13.7 Å². The number of phenolic OH excluding ortho intramolecular Hbond substituents is 1. The van der Waals surface area contributed by atoms with Gasteiger partial charge in [-0.25, -0.2) is 4.98 Å². The Morgan fingerprint density at radius 2 is 2.21 bits per heavy atom. The van der Waals surface area contributed by atoms with Gasteiger partial charge in [0, 0.05) is 12.3 Å². The van der Waals surface area contributed by atoms with Gasteiger partial charge in [-0.2, -0.15) is 0 Å². The molecular weight excluding hydrogens is 306 g/mol. The lowest BCUT2D eigenvalue weighted by Gasteiger charge is -2.21. The molecule has 0 aliphatic heterocycles. The highest BCUT2D eigenvalue weighted by Gasteiger charge is 2.29. The summed E-state index contributed by atoms with van der Waals surface area (Å²) in [5.41, 5.74) is 1.41. The minimum Gasteiger partial charge on any atom is -0.507 e. The molecule has 126 valence electrons. The molecule has 5 nitrogen and oxygen atoms in total. The molecule has 5 heteroatoms. The Bertz CT molecular complexity index is 716. The van der Waals surface area contributed by atoms with Gasteiger partial charge in [-0.15, -0.1) is 0 Å². The van der Waals surface area contributed by atoms with Crippen molar-refractivity contribution in [3.63, 3.8) is 0 Å². The molecule has 2 aromatic rings. The molecule has 1 fully saturated rings. The van der Waals surface area contributed by atoms with E-state index in [1.165, 1.54) is 11.6 Å². The van der Waals surface area contributed by atoms with E-state index in [4.69, 9.17) is 9.47 Å². The highest BCUT2D eigenvalue weighted by atomic mass is 16.5. The van der Waals surface area contributed by atoms with Gasteiger partial charge in [0.05, 0.1) is 19.3 Å². The number of nitrogens with zero attached hydrogens (tertiary/aromatic N) is 1. The number of aldehydes is 1. The van der Waals surface area contributed by atoms with Crippen LogP contribution in [0.15, 0.2) is 36.5 Å². The predicted octanol–water partition coefficient (Wildman–Crippen LogP) is 3.57. The van der Waals surface area contributed by atoms with E-state index in [2.05, 4.69) is 4.98 Å². The minimum absolute atomic E-state index is 0.0515. The highest BCUT2D eigenvalue weighted by molar-refractivity contribution is 5.83. The van der Waals surface area contributed by atoms with Gasteiger partial charge >= 0.3 is 0 Å². The maximum atomic E-state index is 11.1. The summed E-state index contributed by atoms with van der Waals surface area (Å²) in [6, 6.07) is 8.88. The van der Waals surface area contributed by atoms with E-state index in [9.17, 15) is 9.90 Å². The molecule has 1 aliphatic carbocycles. The van der Waals surface area contributed by atoms with Crippen LogP contribution in [-0.2, 0) is 0 Å². The van der Waals surface area contributed by atoms with Crippen LogP contribution in [0.5, 0.6) is 17.4 Å². The van der Waals surface area contributed by atoms with Crippen molar-refractivity contribution in [3.8, 4) is 17.4 Å². The normalized spacial score (nSPS) is 19.9. The lowest BCUT2D eigenvalue weighted by molar-refractivity contribution is 0.111. The van der Waals surface area contributed by atoms with Gasteiger partial charge in [-0.3, -0.25) is 4.79 Å². The molecule has 1 saturated carbocycles. The maximum Gasteiger partial charge on any atom is 0.213 e. The van der Waals surface area contributed by atoms with Gasteiger partial charge in [0.15, 0.2) is 6.29 Å². The molecule has 2 atom stereocenters. The second kappa shape index (κ2) is 7.34. The van der Waals surface area contributed by atoms with Crippen molar-refractivity contribution in [2.24, 2.45) is 5.92 Å². The summed E-state index contributed by atoms with van der Waals surface area (Å²) in [5.74, 6) is 1.75. The number of pyridine rings is 1. The second-order valence-corrected chi connectivity index (χ2v) is 6.05. The van der Waals surface area contributed by atoms with Crippen molar-refractivity contribution in [3.05, 3.63) is 47.7 Å². The third-order valence-corrected chi connectivity index (χ3v) is 4.67. The van der Waals surface area contributed by atoms with Crippen LogP contribution < -0.4 is 9.47 Å². The first-order chi connectivity index (χ1) is 11.7. The molecule has 1 N–H and O–H groups in total. The molecule has 0 bridgehead atoms. The number of aromatic nitrogens is 1. The molecule has 3 rings (SSSR count). The Kier molecular flexibility index (Phi) is 4.99. The van der Waals surface area contributed by atoms with Crippen LogP contribution in [0.3, 0.4) is 0 Å². The van der Waals surface area contributed by atoms with Crippen molar-refractivity contribution in [2.45, 2.75) is 25.2 Å². The quantitative estimate of drug-likeness (QED) is 0.822. The summed E-state index contributed by atoms with van der Waals surface area (Å²) in [4.78, 5) is 15.3. The van der Waals surface area contributed by atoms with Gasteiger partial charge in [0.1, 0.15) is 11.5 Å². The topological polar surface area (TPSA) is 68.7 Å². The highest BCUT2D eigenvalue weighted by Crippen LogP contribution is 2.40. The molecule has 24 heavy (non-hydrogen) atoms. The minimum atomic E-state index is -0.0515. The number of carbonyl (C=O) groups is 1. The largest absolute Gasteiger partial charge is 0.507 e. The van der Waals surface area contributed by atoms with Crippen LogP contribution in [0.1, 0.15) is 41.1 Å². The Morgan fingerprint density at radius 1 is 1.33 bits per heavy atom. The number of phenols is 1. The van der Waals surface area contributed by atoms with E-state index >= 15 is 0 Å². The molecular formula is C19H21NO4. The van der Waals surface area contributed by atoms with Crippen molar-refractivity contribution in [1.82, 2.24) is 4.98 Å². The molecule has 1 aromatic carbocycles. The summed E-state index contributed by atoms with van der Waals surface area (Å²) in [6.07, 6.45) is 5.71. The van der Waals surface area contributed by atoms with E-state index in [0.29, 0.717) is 36.4 Å². The van der Waals surface area contributed by atoms with Crippen LogP contribution in [0.25, 0.3) is 0 Å². The van der Waals surface area contributed by atoms with E-state index in [1.807, 2.05) is 12.1 Å². The number of rotatable bonds is 6. The monoisotopic (exact) mass is 327 g/mol. The zero-order chi connectivity index (χ0) is 16.9. The van der Waals surface area contributed by atoms with Crippen molar-refractivity contribution >= 4 is 6.29 Å². The molecule has 1 aromatic heterocycles. The Labute approximate surface area is 141 Å². The number of aromatic hydroxyl groups is 1. The van der Waals surface area contributed by atoms with Gasteiger partial charge in [-0.1, -0.05) is 12.5 Å². The van der Waals surface area contributed by atoms with Crippen LogP contribution in [-0.4, -0.2) is 30.1 Å². The first kappa shape index (κ1) is 16.3. The SMILES string of the molecule is COc1cc(C2CCCC2COc2cccc(O)c2C=O)ccn1. The van der Waals surface area contributed by atoms with E-state index < -0.39 is 0 Å². The lowest BCUT2D eigenvalue weighted by atomic mass is 9.90. The van der Waals surface area contributed by atoms with E-state index in [0.717, 1.165) is 19.3 Å². The Hall–Kier alpha value is -2.56. The summed E-state index contributed by atoms with van der Waals surface area (Å²) in [5, 5.41) is 9.74. The predicted molar refractivity (Wildman–Crippen MR) is 89.9 cm³/mol. The summed E-state index contributed by atoms with van der Waals surface area (Å²) < 4.78 is 11.1. The van der Waals surface area contributed by atoms with Crippen LogP contribution in [0, 0.1) is 5.92 Å². The lowest BCUT2D eigenvalue weighted by Crippen LogP contribution is -2.16. The van der Waals surface area contributed by atoms with Gasteiger partial charge in [0.25, 0.3) is 0 Å². The number of ether oxygens (including phenoxy) is 2. The van der Waals surface area contributed by atoms with Crippen LogP contribution >= 0.6 is 0 Å². The zero-order valence-corrected chi connectivity index (χ0v) is 13.6. The molecule has 0 spiro atoms. The van der Waals surface area contributed by atoms with Crippen molar-refractivity contribution in [1.29, 1.82) is 0 Å². The number of carbonyl (C=O) groups excluding carboxylic acids is 1. The zero-order valence-electron chi connectivity index (χ0n) is 13.6. The first-order valence-electron chi connectivity index (χ1n) is 8.13. The molecule has 2 unspecified atom stereocenters. The van der Waals surface area contributed by atoms with Crippen LogP contribution in [0.2, 0.25) is 0 Å². The summed E-state index contributed by atoms with van der Waals surface area (Å²) in [6.45, 7) is 0.513. The third-order valence-electron chi connectivity index (χ3n) is 4.67. The summed E-state index contributed by atoms with van der Waals surface area (Å²) in [7, 11) is 1.62. The number of benzene rings is 1. The number of methoxy groups -OCH3 is 1. The number of hydrogen-bond donors (Lipinski definition) is 1. The molecule has 1 aliphatic rings. The Morgan fingerprint density at radius 3 is 3.00 bits per heavy atom. The fourth-order valence-corrected chi connectivity index (χ4v) is 3.42. The fraction of sp³-hybridized carbons (Fsp3) is 0.368. The van der Waals surface area contributed by atoms with Crippen molar-refractivity contribution < 1.29 is 19.4 Å². The van der Waals surface area contributed by atoms with Crippen LogP contribution in [0.4, 0.5) is 0 Å². The smallest absolute Gasteiger partial charge is 0.213 e. The fourth-order valence-electron chi connectivity index (χ4n) is 3.42. The summed E-state index contributed by atoms with van der Waals surface area (Å²) >= 11 is 0.